The lowest BCUT2D eigenvalue weighted by Gasteiger charge is -2.34. The van der Waals surface area contributed by atoms with Gasteiger partial charge in [0.25, 0.3) is 5.91 Å². The van der Waals surface area contributed by atoms with E-state index in [1.807, 2.05) is 4.90 Å². The van der Waals surface area contributed by atoms with Gasteiger partial charge in [0, 0.05) is 36.8 Å². The average molecular weight is 297 g/mol. The van der Waals surface area contributed by atoms with Crippen molar-refractivity contribution in [2.24, 2.45) is 0 Å². The molecule has 0 aromatic heterocycles. The van der Waals surface area contributed by atoms with Gasteiger partial charge in [-0.15, -0.1) is 0 Å². The summed E-state index contributed by atoms with van der Waals surface area (Å²) in [5.41, 5.74) is 0.596. The second-order valence-corrected chi connectivity index (χ2v) is 5.09. The van der Waals surface area contributed by atoms with Gasteiger partial charge in [-0.2, -0.15) is 0 Å². The standard InChI is InChI=1S/C14H17ClN2O3/c1-20-13(18)10-16-5-7-17(8-6-16)14(19)11-3-2-4-12(15)9-11/h2-4,9H,5-8,10H2,1H3. The lowest BCUT2D eigenvalue weighted by Crippen LogP contribution is -2.50. The van der Waals surface area contributed by atoms with Crippen molar-refractivity contribution in [1.29, 1.82) is 0 Å². The third-order valence-corrected chi connectivity index (χ3v) is 3.55. The highest BCUT2D eigenvalue weighted by Crippen LogP contribution is 2.14. The molecule has 1 fully saturated rings. The lowest BCUT2D eigenvalue weighted by molar-refractivity contribution is -0.142. The molecule has 1 aromatic carbocycles. The van der Waals surface area contributed by atoms with Crippen LogP contribution in [0.2, 0.25) is 5.02 Å². The van der Waals surface area contributed by atoms with Gasteiger partial charge in [-0.3, -0.25) is 14.5 Å². The van der Waals surface area contributed by atoms with E-state index in [1.54, 1.807) is 29.2 Å². The maximum absolute atomic E-state index is 12.3. The van der Waals surface area contributed by atoms with E-state index < -0.39 is 0 Å². The first-order valence-electron chi connectivity index (χ1n) is 6.44. The number of methoxy groups -OCH3 is 1. The largest absolute Gasteiger partial charge is 0.468 e. The quantitative estimate of drug-likeness (QED) is 0.788. The monoisotopic (exact) mass is 296 g/mol. The van der Waals surface area contributed by atoms with E-state index >= 15 is 0 Å². The van der Waals surface area contributed by atoms with Gasteiger partial charge in [-0.25, -0.2) is 0 Å². The second-order valence-electron chi connectivity index (χ2n) is 4.65. The van der Waals surface area contributed by atoms with Crippen LogP contribution >= 0.6 is 11.6 Å². The van der Waals surface area contributed by atoms with Crippen molar-refractivity contribution in [3.8, 4) is 0 Å². The molecule has 2 rings (SSSR count). The zero-order valence-electron chi connectivity index (χ0n) is 11.3. The molecule has 0 atom stereocenters. The summed E-state index contributed by atoms with van der Waals surface area (Å²) < 4.78 is 4.63. The Morgan fingerprint density at radius 3 is 2.55 bits per heavy atom. The molecule has 1 heterocycles. The van der Waals surface area contributed by atoms with E-state index in [9.17, 15) is 9.59 Å². The molecule has 6 heteroatoms. The molecular formula is C14H17ClN2O3. The molecule has 0 N–H and O–H groups in total. The van der Waals surface area contributed by atoms with Crippen LogP contribution in [0.15, 0.2) is 24.3 Å². The molecule has 1 saturated heterocycles. The number of hydrogen-bond acceptors (Lipinski definition) is 4. The topological polar surface area (TPSA) is 49.9 Å². The molecule has 0 spiro atoms. The van der Waals surface area contributed by atoms with Gasteiger partial charge in [0.2, 0.25) is 0 Å². The van der Waals surface area contributed by atoms with Crippen LogP contribution in [0.25, 0.3) is 0 Å². The number of halogens is 1. The van der Waals surface area contributed by atoms with Crippen LogP contribution in [-0.4, -0.2) is 61.5 Å². The van der Waals surface area contributed by atoms with Gasteiger partial charge >= 0.3 is 5.97 Å². The molecule has 0 unspecified atom stereocenters. The first kappa shape index (κ1) is 14.8. The summed E-state index contributed by atoms with van der Waals surface area (Å²) in [6.45, 7) is 2.81. The summed E-state index contributed by atoms with van der Waals surface area (Å²) in [5, 5.41) is 0.556. The Balaban J connectivity index is 1.90. The van der Waals surface area contributed by atoms with Crippen LogP contribution in [0.3, 0.4) is 0 Å². The molecule has 5 nitrogen and oxygen atoms in total. The van der Waals surface area contributed by atoms with E-state index in [0.29, 0.717) is 36.8 Å². The predicted octanol–water partition coefficient (Wildman–Crippen LogP) is 1.27. The Morgan fingerprint density at radius 1 is 1.25 bits per heavy atom. The van der Waals surface area contributed by atoms with Gasteiger partial charge in [-0.05, 0) is 18.2 Å². The number of amides is 1. The highest BCUT2D eigenvalue weighted by atomic mass is 35.5. The van der Waals surface area contributed by atoms with Crippen LogP contribution in [0, 0.1) is 0 Å². The van der Waals surface area contributed by atoms with Crippen LogP contribution in [0.4, 0.5) is 0 Å². The molecular weight excluding hydrogens is 280 g/mol. The third-order valence-electron chi connectivity index (χ3n) is 3.31. The van der Waals surface area contributed by atoms with Gasteiger partial charge in [0.15, 0.2) is 0 Å². The fourth-order valence-electron chi connectivity index (χ4n) is 2.16. The van der Waals surface area contributed by atoms with Crippen LogP contribution in [-0.2, 0) is 9.53 Å². The number of nitrogens with zero attached hydrogens (tertiary/aromatic N) is 2. The molecule has 1 aliphatic rings. The Labute approximate surface area is 123 Å². The van der Waals surface area contributed by atoms with Crippen molar-refractivity contribution >= 4 is 23.5 Å². The normalized spacial score (nSPS) is 16.0. The third kappa shape index (κ3) is 3.71. The summed E-state index contributed by atoms with van der Waals surface area (Å²) in [6.07, 6.45) is 0. The van der Waals surface area contributed by atoms with Crippen molar-refractivity contribution in [1.82, 2.24) is 9.80 Å². The highest BCUT2D eigenvalue weighted by Gasteiger charge is 2.23. The minimum atomic E-state index is -0.250. The maximum atomic E-state index is 12.3. The number of piperazine rings is 1. The SMILES string of the molecule is COC(=O)CN1CCN(C(=O)c2cccc(Cl)c2)CC1. The molecule has 1 aliphatic heterocycles. The minimum Gasteiger partial charge on any atom is -0.468 e. The van der Waals surface area contributed by atoms with Crippen molar-refractivity contribution in [2.45, 2.75) is 0 Å². The van der Waals surface area contributed by atoms with E-state index in [1.165, 1.54) is 7.11 Å². The molecule has 0 radical (unpaired) electrons. The first-order chi connectivity index (χ1) is 9.60. The number of ether oxygens (including phenoxy) is 1. The first-order valence-corrected chi connectivity index (χ1v) is 6.82. The van der Waals surface area contributed by atoms with Gasteiger partial charge in [-0.1, -0.05) is 17.7 Å². The molecule has 20 heavy (non-hydrogen) atoms. The van der Waals surface area contributed by atoms with Crippen LogP contribution in [0.5, 0.6) is 0 Å². The molecule has 0 saturated carbocycles. The summed E-state index contributed by atoms with van der Waals surface area (Å²) in [5.74, 6) is -0.273. The van der Waals surface area contributed by atoms with Crippen molar-refractivity contribution in [2.75, 3.05) is 39.8 Å². The van der Waals surface area contributed by atoms with Gasteiger partial charge in [0.1, 0.15) is 0 Å². The fourth-order valence-corrected chi connectivity index (χ4v) is 2.35. The number of rotatable bonds is 3. The summed E-state index contributed by atoms with van der Waals surface area (Å²) in [7, 11) is 1.38. The van der Waals surface area contributed by atoms with Crippen LogP contribution in [0.1, 0.15) is 10.4 Å². The van der Waals surface area contributed by atoms with E-state index in [2.05, 4.69) is 4.74 Å². The summed E-state index contributed by atoms with van der Waals surface area (Å²) >= 11 is 5.89. The average Bonchev–Trinajstić information content (AvgIpc) is 2.47. The van der Waals surface area contributed by atoms with Gasteiger partial charge < -0.3 is 9.64 Å². The summed E-state index contributed by atoms with van der Waals surface area (Å²) in [6, 6.07) is 6.94. The number of benzene rings is 1. The van der Waals surface area contributed by atoms with E-state index in [0.717, 1.165) is 0 Å². The molecule has 1 aromatic rings. The Bertz CT molecular complexity index is 499. The number of carbonyl (C=O) groups excluding carboxylic acids is 2. The van der Waals surface area contributed by atoms with E-state index in [-0.39, 0.29) is 18.4 Å². The van der Waals surface area contributed by atoms with Crippen LogP contribution < -0.4 is 0 Å². The van der Waals surface area contributed by atoms with Gasteiger partial charge in [0.05, 0.1) is 13.7 Å². The lowest BCUT2D eigenvalue weighted by atomic mass is 10.2. The minimum absolute atomic E-state index is 0.0229. The van der Waals surface area contributed by atoms with Crippen molar-refractivity contribution < 1.29 is 14.3 Å². The number of hydrogen-bond donors (Lipinski definition) is 0. The number of esters is 1. The van der Waals surface area contributed by atoms with E-state index in [4.69, 9.17) is 11.6 Å². The zero-order valence-corrected chi connectivity index (χ0v) is 12.1. The predicted molar refractivity (Wildman–Crippen MR) is 75.8 cm³/mol. The smallest absolute Gasteiger partial charge is 0.319 e. The second kappa shape index (κ2) is 6.72. The molecule has 1 amide bonds. The molecule has 0 aliphatic carbocycles. The maximum Gasteiger partial charge on any atom is 0.319 e. The summed E-state index contributed by atoms with van der Waals surface area (Å²) in [4.78, 5) is 27.2. The Kier molecular flexibility index (Phi) is 4.98. The Hall–Kier alpha value is -1.59. The molecule has 0 bridgehead atoms. The molecule has 108 valence electrons. The number of carbonyl (C=O) groups is 2. The highest BCUT2D eigenvalue weighted by molar-refractivity contribution is 6.30. The Morgan fingerprint density at radius 2 is 1.95 bits per heavy atom. The zero-order chi connectivity index (χ0) is 14.5. The van der Waals surface area contributed by atoms with Crippen molar-refractivity contribution in [3.63, 3.8) is 0 Å². The van der Waals surface area contributed by atoms with Crippen molar-refractivity contribution in [3.05, 3.63) is 34.9 Å². The fraction of sp³-hybridized carbons (Fsp3) is 0.429.